The molecule has 0 aromatic carbocycles. The van der Waals surface area contributed by atoms with Crippen LogP contribution in [0.15, 0.2) is 4.99 Å². The van der Waals surface area contributed by atoms with Gasteiger partial charge in [0.2, 0.25) is 11.1 Å². The maximum Gasteiger partial charge on any atom is 0.248 e. The third kappa shape index (κ3) is 2.83. The summed E-state index contributed by atoms with van der Waals surface area (Å²) >= 11 is 1.47. The summed E-state index contributed by atoms with van der Waals surface area (Å²) in [5.41, 5.74) is 6.70. The van der Waals surface area contributed by atoms with Crippen molar-refractivity contribution >= 4 is 22.8 Å². The molecule has 1 saturated heterocycles. The molecule has 0 aliphatic carbocycles. The third-order valence-corrected chi connectivity index (χ3v) is 2.16. The first-order chi connectivity index (χ1) is 5.72. The van der Waals surface area contributed by atoms with Crippen molar-refractivity contribution in [3.8, 4) is 0 Å². The molecule has 1 radical (unpaired) electrons. The number of aliphatic imine (C=N–C) groups is 1. The summed E-state index contributed by atoms with van der Waals surface area (Å²) in [5, 5.41) is 0.791. The third-order valence-electron chi connectivity index (χ3n) is 1.31. The van der Waals surface area contributed by atoms with Gasteiger partial charge in [0.1, 0.15) is 0 Å². The van der Waals surface area contributed by atoms with Crippen LogP contribution in [0.2, 0.25) is 0 Å². The van der Waals surface area contributed by atoms with E-state index in [0.29, 0.717) is 11.6 Å². The number of amides is 1. The number of amidine groups is 1. The Bertz CT molecular complexity index is 205. The van der Waals surface area contributed by atoms with Gasteiger partial charge in [0, 0.05) is 6.42 Å². The van der Waals surface area contributed by atoms with Gasteiger partial charge in [-0.3, -0.25) is 4.79 Å². The SMILES string of the molecule is CCCC(=O)N=C1[N]NC(C)S1. The van der Waals surface area contributed by atoms with Crippen molar-refractivity contribution in [2.75, 3.05) is 0 Å². The predicted molar refractivity (Wildman–Crippen MR) is 49.7 cm³/mol. The van der Waals surface area contributed by atoms with Crippen LogP contribution >= 0.6 is 11.8 Å². The maximum atomic E-state index is 11.0. The van der Waals surface area contributed by atoms with Crippen molar-refractivity contribution in [2.24, 2.45) is 4.99 Å². The molecule has 1 fully saturated rings. The average Bonchev–Trinajstić information content (AvgIpc) is 2.36. The van der Waals surface area contributed by atoms with Gasteiger partial charge >= 0.3 is 0 Å². The van der Waals surface area contributed by atoms with Crippen molar-refractivity contribution < 1.29 is 4.79 Å². The normalized spacial score (nSPS) is 25.8. The summed E-state index contributed by atoms with van der Waals surface area (Å²) in [6, 6.07) is 0. The molecule has 5 heteroatoms. The van der Waals surface area contributed by atoms with Crippen LogP contribution in [0.25, 0.3) is 0 Å². The molecule has 1 N–H and O–H groups in total. The first kappa shape index (κ1) is 9.54. The minimum absolute atomic E-state index is 0.0837. The van der Waals surface area contributed by atoms with Crippen LogP contribution in [0.1, 0.15) is 26.7 Å². The van der Waals surface area contributed by atoms with Gasteiger partial charge < -0.3 is 0 Å². The molecule has 1 atom stereocenters. The molecule has 4 nitrogen and oxygen atoms in total. The van der Waals surface area contributed by atoms with E-state index in [-0.39, 0.29) is 11.3 Å². The Morgan fingerprint density at radius 1 is 1.83 bits per heavy atom. The number of carbonyl (C=O) groups is 1. The minimum Gasteiger partial charge on any atom is -0.273 e. The lowest BCUT2D eigenvalue weighted by Gasteiger charge is -1.91. The standard InChI is InChI=1S/C7H12N3OS/c1-3-4-6(11)8-7-10-9-5(2)12-7/h5,9H,3-4H2,1-2H3. The number of hydrogen-bond donors (Lipinski definition) is 1. The lowest BCUT2D eigenvalue weighted by atomic mass is 10.3. The Labute approximate surface area is 76.2 Å². The van der Waals surface area contributed by atoms with Crippen LogP contribution in [-0.4, -0.2) is 16.4 Å². The average molecular weight is 186 g/mol. The van der Waals surface area contributed by atoms with Gasteiger partial charge in [0.25, 0.3) is 0 Å². The Morgan fingerprint density at radius 3 is 3.08 bits per heavy atom. The molecule has 0 aromatic rings. The molecule has 1 rings (SSSR count). The van der Waals surface area contributed by atoms with E-state index in [1.165, 1.54) is 11.8 Å². The van der Waals surface area contributed by atoms with E-state index >= 15 is 0 Å². The molecule has 1 aliphatic heterocycles. The van der Waals surface area contributed by atoms with E-state index in [1.807, 2.05) is 13.8 Å². The highest BCUT2D eigenvalue weighted by Crippen LogP contribution is 2.14. The topological polar surface area (TPSA) is 55.6 Å². The van der Waals surface area contributed by atoms with E-state index in [2.05, 4.69) is 15.8 Å². The molecular weight excluding hydrogens is 174 g/mol. The zero-order valence-corrected chi connectivity index (χ0v) is 8.02. The first-order valence-corrected chi connectivity index (χ1v) is 4.84. The fourth-order valence-electron chi connectivity index (χ4n) is 0.785. The van der Waals surface area contributed by atoms with Crippen LogP contribution in [0.4, 0.5) is 0 Å². The molecule has 0 bridgehead atoms. The van der Waals surface area contributed by atoms with Gasteiger partial charge in [-0.25, -0.2) is 0 Å². The second-order valence-electron chi connectivity index (χ2n) is 2.54. The zero-order valence-electron chi connectivity index (χ0n) is 7.20. The molecule has 67 valence electrons. The van der Waals surface area contributed by atoms with Crippen molar-refractivity contribution in [1.82, 2.24) is 10.9 Å². The second kappa shape index (κ2) is 4.47. The molecule has 1 heterocycles. The first-order valence-electron chi connectivity index (χ1n) is 3.97. The van der Waals surface area contributed by atoms with Gasteiger partial charge in [-0.15, -0.1) is 0 Å². The van der Waals surface area contributed by atoms with Gasteiger partial charge in [-0.05, 0) is 13.3 Å². The van der Waals surface area contributed by atoms with E-state index in [9.17, 15) is 4.79 Å². The molecule has 1 aliphatic rings. The number of hydrogen-bond acceptors (Lipinski definition) is 3. The van der Waals surface area contributed by atoms with Crippen molar-refractivity contribution in [3.05, 3.63) is 0 Å². The van der Waals surface area contributed by atoms with Crippen LogP contribution < -0.4 is 10.9 Å². The summed E-state index contributed by atoms with van der Waals surface area (Å²) in [7, 11) is 0. The number of rotatable bonds is 2. The van der Waals surface area contributed by atoms with Gasteiger partial charge in [0.15, 0.2) is 0 Å². The summed E-state index contributed by atoms with van der Waals surface area (Å²) in [4.78, 5) is 14.8. The van der Waals surface area contributed by atoms with Crippen molar-refractivity contribution in [1.29, 1.82) is 0 Å². The lowest BCUT2D eigenvalue weighted by Crippen LogP contribution is -2.22. The number of nitrogens with zero attached hydrogens (tertiary/aromatic N) is 2. The van der Waals surface area contributed by atoms with Crippen LogP contribution in [0.3, 0.4) is 0 Å². The second-order valence-corrected chi connectivity index (χ2v) is 3.85. The summed E-state index contributed by atoms with van der Waals surface area (Å²) in [5.74, 6) is -0.0837. The van der Waals surface area contributed by atoms with E-state index in [0.717, 1.165) is 6.42 Å². The number of thioether (sulfide) groups is 1. The van der Waals surface area contributed by atoms with E-state index < -0.39 is 0 Å². The Balaban J connectivity index is 2.41. The highest BCUT2D eigenvalue weighted by atomic mass is 32.2. The molecule has 0 saturated carbocycles. The molecule has 1 unspecified atom stereocenters. The van der Waals surface area contributed by atoms with Gasteiger partial charge in [0.05, 0.1) is 5.37 Å². The fourth-order valence-corrected chi connectivity index (χ4v) is 1.47. The van der Waals surface area contributed by atoms with Crippen molar-refractivity contribution in [2.45, 2.75) is 32.1 Å². The lowest BCUT2D eigenvalue weighted by molar-refractivity contribution is -0.117. The quantitative estimate of drug-likeness (QED) is 0.696. The van der Waals surface area contributed by atoms with Gasteiger partial charge in [-0.1, -0.05) is 18.7 Å². The zero-order chi connectivity index (χ0) is 8.97. The van der Waals surface area contributed by atoms with Crippen LogP contribution in [-0.2, 0) is 4.79 Å². The molecular formula is C7H12N3OS. The predicted octanol–water partition coefficient (Wildman–Crippen LogP) is 0.871. The van der Waals surface area contributed by atoms with Crippen LogP contribution in [0, 0.1) is 0 Å². The fraction of sp³-hybridized carbons (Fsp3) is 0.714. The summed E-state index contributed by atoms with van der Waals surface area (Å²) < 4.78 is 0. The van der Waals surface area contributed by atoms with Gasteiger partial charge in [-0.2, -0.15) is 15.8 Å². The number of carbonyl (C=O) groups excluding carboxylic acids is 1. The molecule has 0 spiro atoms. The van der Waals surface area contributed by atoms with Crippen molar-refractivity contribution in [3.63, 3.8) is 0 Å². The molecule has 12 heavy (non-hydrogen) atoms. The Kier molecular flexibility index (Phi) is 3.55. The summed E-state index contributed by atoms with van der Waals surface area (Å²) in [6.07, 6.45) is 1.34. The monoisotopic (exact) mass is 186 g/mol. The molecule has 0 aromatic heterocycles. The minimum atomic E-state index is -0.0837. The largest absolute Gasteiger partial charge is 0.273 e. The Morgan fingerprint density at radius 2 is 2.58 bits per heavy atom. The highest BCUT2D eigenvalue weighted by molar-refractivity contribution is 8.14. The van der Waals surface area contributed by atoms with E-state index in [4.69, 9.17) is 0 Å². The molecule has 1 amide bonds. The summed E-state index contributed by atoms with van der Waals surface area (Å²) in [6.45, 7) is 3.93. The Hall–Kier alpha value is -0.550. The smallest absolute Gasteiger partial charge is 0.248 e. The highest BCUT2D eigenvalue weighted by Gasteiger charge is 2.18. The maximum absolute atomic E-state index is 11.0. The number of nitrogens with one attached hydrogen (secondary N) is 1. The van der Waals surface area contributed by atoms with Crippen LogP contribution in [0.5, 0.6) is 0 Å². The van der Waals surface area contributed by atoms with E-state index in [1.54, 1.807) is 0 Å².